The highest BCUT2D eigenvalue weighted by Gasteiger charge is 2.05. The van der Waals surface area contributed by atoms with Gasteiger partial charge in [0.25, 0.3) is 0 Å². The number of ether oxygens (including phenoxy) is 1. The van der Waals surface area contributed by atoms with E-state index in [1.54, 1.807) is 0 Å². The number of primary amides is 1. The first-order valence-corrected chi connectivity index (χ1v) is 6.05. The number of hydrogen-bond donors (Lipinski definition) is 1. The average Bonchev–Trinajstić information content (AvgIpc) is 2.24. The fourth-order valence-corrected chi connectivity index (χ4v) is 1.88. The number of benzene rings is 1. The summed E-state index contributed by atoms with van der Waals surface area (Å²) in [5.74, 6) is 0.717. The quantitative estimate of drug-likeness (QED) is 0.823. The molecule has 1 amide bonds. The summed E-state index contributed by atoms with van der Waals surface area (Å²) in [6.45, 7) is 6.78. The Morgan fingerprint density at radius 1 is 1.29 bits per heavy atom. The second-order valence-corrected chi connectivity index (χ2v) is 4.30. The lowest BCUT2D eigenvalue weighted by Crippen LogP contribution is -2.10. The molecule has 0 atom stereocenters. The number of hydrogen-bond acceptors (Lipinski definition) is 2. The van der Waals surface area contributed by atoms with Crippen LogP contribution in [0.25, 0.3) is 0 Å². The first kappa shape index (κ1) is 13.6. The van der Waals surface area contributed by atoms with Crippen LogP contribution in [0, 0.1) is 13.8 Å². The Labute approximate surface area is 103 Å². The van der Waals surface area contributed by atoms with Crippen LogP contribution >= 0.6 is 0 Å². The molecule has 0 aliphatic heterocycles. The number of nitrogens with two attached hydrogens (primary N) is 1. The van der Waals surface area contributed by atoms with Crippen molar-refractivity contribution in [3.8, 4) is 5.75 Å². The summed E-state index contributed by atoms with van der Waals surface area (Å²) in [4.78, 5) is 10.7. The van der Waals surface area contributed by atoms with E-state index >= 15 is 0 Å². The highest BCUT2D eigenvalue weighted by molar-refractivity contribution is 5.73. The second-order valence-electron chi connectivity index (χ2n) is 4.30. The highest BCUT2D eigenvalue weighted by atomic mass is 16.5. The summed E-state index contributed by atoms with van der Waals surface area (Å²) in [6, 6.07) is 4.21. The third-order valence-corrected chi connectivity index (χ3v) is 2.80. The van der Waals surface area contributed by atoms with Gasteiger partial charge in [-0.25, -0.2) is 0 Å². The van der Waals surface area contributed by atoms with Crippen molar-refractivity contribution in [1.29, 1.82) is 0 Å². The lowest BCUT2D eigenvalue weighted by Gasteiger charge is -2.12. The first-order valence-electron chi connectivity index (χ1n) is 6.05. The Morgan fingerprint density at radius 3 is 2.59 bits per heavy atom. The number of carbonyl (C=O) groups excluding carboxylic acids is 1. The van der Waals surface area contributed by atoms with Gasteiger partial charge >= 0.3 is 0 Å². The van der Waals surface area contributed by atoms with Gasteiger partial charge in [0, 0.05) is 6.42 Å². The van der Waals surface area contributed by atoms with Gasteiger partial charge in [-0.3, -0.25) is 4.79 Å². The van der Waals surface area contributed by atoms with Crippen molar-refractivity contribution >= 4 is 5.91 Å². The summed E-state index contributed by atoms with van der Waals surface area (Å²) in [5, 5.41) is 0. The van der Waals surface area contributed by atoms with E-state index in [2.05, 4.69) is 19.1 Å². The van der Waals surface area contributed by atoms with Crippen LogP contribution in [0.3, 0.4) is 0 Å². The molecule has 0 saturated carbocycles. The molecule has 0 spiro atoms. The fourth-order valence-electron chi connectivity index (χ4n) is 1.88. The summed E-state index contributed by atoms with van der Waals surface area (Å²) in [5.41, 5.74) is 8.76. The van der Waals surface area contributed by atoms with Gasteiger partial charge in [0.15, 0.2) is 0 Å². The SMILES string of the molecule is CCOc1cc(C)c(CCCC(N)=O)cc1C. The van der Waals surface area contributed by atoms with Gasteiger partial charge in [-0.2, -0.15) is 0 Å². The van der Waals surface area contributed by atoms with Crippen LogP contribution in [0.15, 0.2) is 12.1 Å². The van der Waals surface area contributed by atoms with Crippen molar-refractivity contribution < 1.29 is 9.53 Å². The maximum Gasteiger partial charge on any atom is 0.217 e. The lowest BCUT2D eigenvalue weighted by atomic mass is 9.99. The summed E-state index contributed by atoms with van der Waals surface area (Å²) in [6.07, 6.45) is 2.15. The van der Waals surface area contributed by atoms with Gasteiger partial charge in [-0.1, -0.05) is 6.07 Å². The maximum absolute atomic E-state index is 10.7. The van der Waals surface area contributed by atoms with Crippen molar-refractivity contribution in [2.75, 3.05) is 6.61 Å². The Kier molecular flexibility index (Phi) is 5.01. The minimum absolute atomic E-state index is 0.231. The van der Waals surface area contributed by atoms with E-state index in [1.165, 1.54) is 11.1 Å². The van der Waals surface area contributed by atoms with Crippen molar-refractivity contribution in [3.05, 3.63) is 28.8 Å². The molecule has 0 heterocycles. The molecule has 0 radical (unpaired) electrons. The van der Waals surface area contributed by atoms with Crippen molar-refractivity contribution in [1.82, 2.24) is 0 Å². The molecule has 1 rings (SSSR count). The second kappa shape index (κ2) is 6.28. The summed E-state index contributed by atoms with van der Waals surface area (Å²) in [7, 11) is 0. The molecule has 1 aromatic carbocycles. The topological polar surface area (TPSA) is 52.3 Å². The van der Waals surface area contributed by atoms with E-state index in [9.17, 15) is 4.79 Å². The van der Waals surface area contributed by atoms with Crippen LogP contribution in [0.2, 0.25) is 0 Å². The summed E-state index contributed by atoms with van der Waals surface area (Å²) >= 11 is 0. The Morgan fingerprint density at radius 2 is 2.00 bits per heavy atom. The van der Waals surface area contributed by atoms with E-state index in [0.717, 1.165) is 24.2 Å². The molecule has 0 aromatic heterocycles. The zero-order valence-electron chi connectivity index (χ0n) is 10.9. The molecule has 1 aromatic rings. The van der Waals surface area contributed by atoms with E-state index in [-0.39, 0.29) is 5.91 Å². The van der Waals surface area contributed by atoms with Gasteiger partial charge < -0.3 is 10.5 Å². The monoisotopic (exact) mass is 235 g/mol. The smallest absolute Gasteiger partial charge is 0.217 e. The van der Waals surface area contributed by atoms with Crippen LogP contribution in [0.1, 0.15) is 36.5 Å². The molecule has 2 N–H and O–H groups in total. The van der Waals surface area contributed by atoms with Gasteiger partial charge in [0.1, 0.15) is 5.75 Å². The number of amides is 1. The fraction of sp³-hybridized carbons (Fsp3) is 0.500. The highest BCUT2D eigenvalue weighted by Crippen LogP contribution is 2.23. The normalized spacial score (nSPS) is 10.3. The predicted molar refractivity (Wildman–Crippen MR) is 69.2 cm³/mol. The molecule has 3 heteroatoms. The largest absolute Gasteiger partial charge is 0.494 e. The van der Waals surface area contributed by atoms with Crippen molar-refractivity contribution in [3.63, 3.8) is 0 Å². The third-order valence-electron chi connectivity index (χ3n) is 2.80. The molecule has 0 bridgehead atoms. The molecule has 0 aliphatic carbocycles. The molecule has 0 fully saturated rings. The Balaban J connectivity index is 2.73. The standard InChI is InChI=1S/C14H21NO2/c1-4-17-13-9-10(2)12(8-11(13)3)6-5-7-14(15)16/h8-9H,4-7H2,1-3H3,(H2,15,16). The molecule has 3 nitrogen and oxygen atoms in total. The minimum atomic E-state index is -0.231. The van der Waals surface area contributed by atoms with Crippen LogP contribution in [0.4, 0.5) is 0 Å². The van der Waals surface area contributed by atoms with Gasteiger partial charge in [-0.15, -0.1) is 0 Å². The van der Waals surface area contributed by atoms with Gasteiger partial charge in [0.05, 0.1) is 6.61 Å². The molecule has 94 valence electrons. The van der Waals surface area contributed by atoms with Crippen LogP contribution in [-0.4, -0.2) is 12.5 Å². The third kappa shape index (κ3) is 4.10. The van der Waals surface area contributed by atoms with Crippen molar-refractivity contribution in [2.45, 2.75) is 40.0 Å². The van der Waals surface area contributed by atoms with E-state index in [1.807, 2.05) is 13.8 Å². The van der Waals surface area contributed by atoms with E-state index in [0.29, 0.717) is 13.0 Å². The average molecular weight is 235 g/mol. The van der Waals surface area contributed by atoms with Crippen molar-refractivity contribution in [2.24, 2.45) is 5.73 Å². The maximum atomic E-state index is 10.7. The summed E-state index contributed by atoms with van der Waals surface area (Å²) < 4.78 is 5.54. The van der Waals surface area contributed by atoms with Crippen LogP contribution < -0.4 is 10.5 Å². The number of rotatable bonds is 6. The molecule has 0 unspecified atom stereocenters. The first-order chi connectivity index (χ1) is 8.04. The van der Waals surface area contributed by atoms with E-state index < -0.39 is 0 Å². The van der Waals surface area contributed by atoms with Gasteiger partial charge in [0.2, 0.25) is 5.91 Å². The van der Waals surface area contributed by atoms with Gasteiger partial charge in [-0.05, 0) is 56.4 Å². The molecule has 0 aliphatic rings. The van der Waals surface area contributed by atoms with Crippen LogP contribution in [0.5, 0.6) is 5.75 Å². The molecular weight excluding hydrogens is 214 g/mol. The molecule has 0 saturated heterocycles. The molecule has 17 heavy (non-hydrogen) atoms. The predicted octanol–water partition coefficient (Wildman–Crippen LogP) is 2.51. The zero-order chi connectivity index (χ0) is 12.8. The Bertz CT molecular complexity index is 399. The zero-order valence-corrected chi connectivity index (χ0v) is 10.9. The lowest BCUT2D eigenvalue weighted by molar-refractivity contribution is -0.118. The molecular formula is C14H21NO2. The number of carbonyl (C=O) groups is 1. The minimum Gasteiger partial charge on any atom is -0.494 e. The Hall–Kier alpha value is -1.51. The van der Waals surface area contributed by atoms with E-state index in [4.69, 9.17) is 10.5 Å². The number of aryl methyl sites for hydroxylation is 3. The van der Waals surface area contributed by atoms with Crippen LogP contribution in [-0.2, 0) is 11.2 Å².